The zero-order valence-electron chi connectivity index (χ0n) is 28.3. The van der Waals surface area contributed by atoms with Gasteiger partial charge in [-0.3, -0.25) is 0 Å². The molecular weight excluding hydrogens is 650 g/mol. The summed E-state index contributed by atoms with van der Waals surface area (Å²) < 4.78 is 1.59. The van der Waals surface area contributed by atoms with Crippen LogP contribution in [0.2, 0.25) is 37.5 Å². The number of aromatic nitrogens is 2. The first-order chi connectivity index (χ1) is 22.2. The van der Waals surface area contributed by atoms with Crippen molar-refractivity contribution < 1.29 is 6.51 Å². The van der Waals surface area contributed by atoms with E-state index in [9.17, 15) is 0 Å². The molecule has 47 heavy (non-hydrogen) atoms. The summed E-state index contributed by atoms with van der Waals surface area (Å²) in [6.07, 6.45) is 9.97. The van der Waals surface area contributed by atoms with Crippen LogP contribution in [-0.4, -0.2) is 26.4 Å². The van der Waals surface area contributed by atoms with E-state index in [1.807, 2.05) is 12.4 Å². The second-order valence-corrected chi connectivity index (χ2v) is 48.4. The van der Waals surface area contributed by atoms with Crippen molar-refractivity contribution in [1.82, 2.24) is 9.97 Å². The summed E-state index contributed by atoms with van der Waals surface area (Å²) in [6, 6.07) is 34.1. The van der Waals surface area contributed by atoms with Crippen LogP contribution in [0.4, 0.5) is 0 Å². The Kier molecular flexibility index (Phi) is 2.34. The molecule has 2 nitrogen and oxygen atoms in total. The maximum atomic E-state index is 4.90. The molecule has 0 N–H and O–H groups in total. The number of hydrogen-bond acceptors (Lipinski definition) is 2. The average molecular weight is 697 g/mol. The van der Waals surface area contributed by atoms with Gasteiger partial charge in [-0.25, -0.2) is 0 Å². The zero-order valence-corrected chi connectivity index (χ0v) is 31.5. The summed E-state index contributed by atoms with van der Waals surface area (Å²) in [7, 11) is 3.44. The molecular formula is C42H46FeN2P2. The van der Waals surface area contributed by atoms with Gasteiger partial charge in [-0.1, -0.05) is 0 Å². The molecule has 0 radical (unpaired) electrons. The van der Waals surface area contributed by atoms with Crippen LogP contribution in [0, 0.1) is 0 Å². The summed E-state index contributed by atoms with van der Waals surface area (Å²) in [5.74, 6) is 0. The van der Waals surface area contributed by atoms with E-state index in [1.54, 1.807) is 11.1 Å². The number of fused-ring (bicyclic) bond motifs is 10. The fraction of sp³-hybridized carbons (Fsp3) is 0.476. The fourth-order valence-electron chi connectivity index (χ4n) is 25.8. The molecule has 6 unspecified atom stereocenters. The summed E-state index contributed by atoms with van der Waals surface area (Å²) in [4.78, 5) is 15.9. The third kappa shape index (κ3) is 0.697. The SMILES string of the molecule is CC(C)(C)P(C[C]12[C]3(c4ccccc4)[C]4(c5ccccc5)[CH]5[C]1(C(P)(c1cccnc1)c1cccnc1)[Fe]54231678[CH]2[CH]1[CH]6[CH]7[CH]28)C(C)(C)C. The molecule has 0 saturated carbocycles. The van der Waals surface area contributed by atoms with Crippen LogP contribution in [0.15, 0.2) is 110 Å². The van der Waals surface area contributed by atoms with E-state index < -0.39 is 6.51 Å². The third-order valence-electron chi connectivity index (χ3n) is 22.7. The van der Waals surface area contributed by atoms with Gasteiger partial charge in [0.1, 0.15) is 0 Å². The van der Waals surface area contributed by atoms with Crippen molar-refractivity contribution in [2.45, 2.75) is 103 Å². The Bertz CT molecular complexity index is 2470. The molecule has 10 fully saturated rings. The molecule has 2 aromatic carbocycles. The molecule has 0 aliphatic carbocycles. The molecule has 0 bridgehead atoms. The summed E-state index contributed by atoms with van der Waals surface area (Å²) in [5.41, 5.74) is 6.42. The Hall–Kier alpha value is -1.88. The first-order valence-corrected chi connectivity index (χ1v) is 26.1. The van der Waals surface area contributed by atoms with Crippen molar-refractivity contribution in [3.63, 3.8) is 0 Å². The molecule has 0 amide bonds. The second-order valence-electron chi connectivity index (χ2n) is 21.0. The van der Waals surface area contributed by atoms with Gasteiger partial charge in [0, 0.05) is 0 Å². The Morgan fingerprint density at radius 3 is 1.53 bits per heavy atom. The van der Waals surface area contributed by atoms with Crippen LogP contribution in [0.1, 0.15) is 63.8 Å². The van der Waals surface area contributed by atoms with Crippen molar-refractivity contribution in [2.24, 2.45) is 0 Å². The van der Waals surface area contributed by atoms with Crippen LogP contribution in [-0.2, 0) is 20.3 Å². The Balaban J connectivity index is 1.21. The maximum absolute atomic E-state index is 4.90. The van der Waals surface area contributed by atoms with Gasteiger partial charge in [0.25, 0.3) is 0 Å². The minimum absolute atomic E-state index is 0.166. The van der Waals surface area contributed by atoms with E-state index >= 15 is 0 Å². The van der Waals surface area contributed by atoms with E-state index in [1.165, 1.54) is 17.3 Å². The molecule has 10 saturated heterocycles. The fourth-order valence-corrected chi connectivity index (χ4v) is 117. The number of hydrogen-bond donors (Lipinski definition) is 0. The van der Waals surface area contributed by atoms with E-state index in [0.29, 0.717) is 27.6 Å². The van der Waals surface area contributed by atoms with Crippen LogP contribution >= 0.6 is 17.2 Å². The molecule has 1 spiro atoms. The molecule has 14 rings (SSSR count). The van der Waals surface area contributed by atoms with Crippen LogP contribution < -0.4 is 0 Å². The van der Waals surface area contributed by atoms with Gasteiger partial charge in [-0.15, -0.1) is 0 Å². The number of benzene rings is 2. The first kappa shape index (κ1) is 26.0. The van der Waals surface area contributed by atoms with Gasteiger partial charge in [0.05, 0.1) is 0 Å². The summed E-state index contributed by atoms with van der Waals surface area (Å²) in [6.45, 7) is 10.8. The average Bonchev–Trinajstić information content (AvgIpc) is 4.02. The molecule has 6 atom stereocenters. The van der Waals surface area contributed by atoms with Gasteiger partial charge in [0.2, 0.25) is 0 Å². The number of rotatable bonds is 7. The first-order valence-electron chi connectivity index (χ1n) is 17.9. The Morgan fingerprint density at radius 1 is 0.660 bits per heavy atom. The van der Waals surface area contributed by atoms with Gasteiger partial charge in [0.15, 0.2) is 0 Å². The van der Waals surface area contributed by atoms with Gasteiger partial charge < -0.3 is 0 Å². The normalized spacial score (nSPS) is 56.4. The number of pyridine rings is 2. The van der Waals surface area contributed by atoms with Gasteiger partial charge in [-0.2, -0.15) is 0 Å². The standard InChI is InChI=1S/C37H41N2P2.C5H5.Fe/c1-35(2,3)41(36(4,5)6)26-32-33(37(40,29-19-13-21-38-24-29)30-20-14-22-39-25-30)23-31(27-15-9-7-10-16-27)34(32)28-17-11-8-12-18-28;1-2-4-5-3-1;/h7-25H,26,40H2,1-6H3;1-5H;. The van der Waals surface area contributed by atoms with Gasteiger partial charge >= 0.3 is 275 Å². The quantitative estimate of drug-likeness (QED) is 0.142. The van der Waals surface area contributed by atoms with Crippen molar-refractivity contribution >= 4 is 17.2 Å². The zero-order chi connectivity index (χ0) is 32.0. The predicted octanol–water partition coefficient (Wildman–Crippen LogP) is 11.0. The van der Waals surface area contributed by atoms with Crippen molar-refractivity contribution in [3.8, 4) is 0 Å². The topological polar surface area (TPSA) is 25.8 Å². The Labute approximate surface area is 273 Å². The second kappa shape index (κ2) is 4.24. The van der Waals surface area contributed by atoms with Crippen molar-refractivity contribution in [2.75, 3.05) is 6.16 Å². The molecule has 242 valence electrons. The van der Waals surface area contributed by atoms with E-state index in [-0.39, 0.29) is 13.1 Å². The molecule has 4 aromatic rings. The van der Waals surface area contributed by atoms with Crippen molar-refractivity contribution in [1.29, 1.82) is 0 Å². The molecule has 5 heteroatoms. The number of nitrogens with zero attached hydrogens (tertiary/aromatic N) is 2. The van der Waals surface area contributed by atoms with Crippen LogP contribution in [0.25, 0.3) is 0 Å². The molecule has 2 aromatic heterocycles. The van der Waals surface area contributed by atoms with Gasteiger partial charge in [-0.05, 0) is 0 Å². The molecule has 10 aliphatic rings. The third-order valence-corrected chi connectivity index (χ3v) is 72.8. The minimum atomic E-state index is -4.83. The molecule has 12 heterocycles. The van der Waals surface area contributed by atoms with Crippen LogP contribution in [0.5, 0.6) is 0 Å². The summed E-state index contributed by atoms with van der Waals surface area (Å²) >= 11 is 0. The van der Waals surface area contributed by atoms with E-state index in [4.69, 9.17) is 9.97 Å². The van der Waals surface area contributed by atoms with Crippen LogP contribution in [0.3, 0.4) is 0 Å². The van der Waals surface area contributed by atoms with E-state index in [0.717, 1.165) is 28.9 Å². The monoisotopic (exact) mass is 696 g/mol. The Morgan fingerprint density at radius 2 is 1.13 bits per heavy atom. The predicted molar refractivity (Wildman–Crippen MR) is 194 cm³/mol. The molecule has 10 aliphatic heterocycles. The van der Waals surface area contributed by atoms with E-state index in [2.05, 4.69) is 148 Å². The summed E-state index contributed by atoms with van der Waals surface area (Å²) in [5, 5.41) is 0.417. The van der Waals surface area contributed by atoms with Crippen molar-refractivity contribution in [3.05, 3.63) is 132 Å².